The van der Waals surface area contributed by atoms with Crippen molar-refractivity contribution in [2.24, 2.45) is 11.8 Å². The number of carbonyl (C=O) groups excluding carboxylic acids is 1. The topological polar surface area (TPSA) is 50.2 Å². The molecule has 4 rings (SSSR count). The summed E-state index contributed by atoms with van der Waals surface area (Å²) in [6, 6.07) is 0.747. The lowest BCUT2D eigenvalue weighted by atomic mass is 9.82. The van der Waals surface area contributed by atoms with Gasteiger partial charge in [-0.05, 0) is 44.1 Å². The van der Waals surface area contributed by atoms with Crippen LogP contribution in [0.2, 0.25) is 0 Å². The van der Waals surface area contributed by atoms with Gasteiger partial charge in [-0.1, -0.05) is 0 Å². The van der Waals surface area contributed by atoms with Gasteiger partial charge in [0.2, 0.25) is 5.91 Å². The number of nitrogens with one attached hydrogen (secondary N) is 1. The van der Waals surface area contributed by atoms with Crippen LogP contribution in [0.5, 0.6) is 0 Å². The van der Waals surface area contributed by atoms with E-state index in [1.54, 1.807) is 0 Å². The standard InChI is InChI=1S/C15H22N4O/c1-9-5-17-18(8-9)10(2)15(20)19-13-3-4-14(19)12-7-16-6-11(12)13/h5,8,10-14,16H,3-4,6-7H2,1-2H3/t10-,11-,12+,13-,14+/m1/s1. The molecule has 1 aromatic rings. The summed E-state index contributed by atoms with van der Waals surface area (Å²) in [6.07, 6.45) is 6.15. The number of fused-ring (bicyclic) bond motifs is 5. The fourth-order valence-corrected chi connectivity index (χ4v) is 4.57. The van der Waals surface area contributed by atoms with Crippen molar-refractivity contribution in [1.82, 2.24) is 20.0 Å². The van der Waals surface area contributed by atoms with E-state index in [4.69, 9.17) is 0 Å². The van der Waals surface area contributed by atoms with E-state index in [2.05, 4.69) is 15.3 Å². The van der Waals surface area contributed by atoms with Crippen LogP contribution in [0.4, 0.5) is 0 Å². The molecule has 3 aliphatic heterocycles. The van der Waals surface area contributed by atoms with Gasteiger partial charge in [0.25, 0.3) is 0 Å². The van der Waals surface area contributed by atoms with Crippen LogP contribution in [0.1, 0.15) is 31.4 Å². The van der Waals surface area contributed by atoms with Crippen LogP contribution in [-0.4, -0.2) is 45.8 Å². The molecular formula is C15H22N4O. The molecule has 0 unspecified atom stereocenters. The highest BCUT2D eigenvalue weighted by Crippen LogP contribution is 2.47. The lowest BCUT2D eigenvalue weighted by molar-refractivity contribution is -0.136. The molecule has 0 spiro atoms. The predicted molar refractivity (Wildman–Crippen MR) is 75.2 cm³/mol. The zero-order chi connectivity index (χ0) is 13.9. The second-order valence-electron chi connectivity index (χ2n) is 6.62. The number of amides is 1. The van der Waals surface area contributed by atoms with Crippen molar-refractivity contribution < 1.29 is 4.79 Å². The third kappa shape index (κ3) is 1.59. The second kappa shape index (κ2) is 4.32. The summed E-state index contributed by atoms with van der Waals surface area (Å²) in [4.78, 5) is 15.1. The fraction of sp³-hybridized carbons (Fsp3) is 0.733. The molecule has 108 valence electrons. The second-order valence-corrected chi connectivity index (χ2v) is 6.62. The fourth-order valence-electron chi connectivity index (χ4n) is 4.57. The van der Waals surface area contributed by atoms with Gasteiger partial charge in [0, 0.05) is 31.4 Å². The molecule has 2 bridgehead atoms. The summed E-state index contributed by atoms with van der Waals surface area (Å²) in [5.74, 6) is 1.63. The molecule has 3 aliphatic rings. The van der Waals surface area contributed by atoms with Gasteiger partial charge in [0.1, 0.15) is 6.04 Å². The van der Waals surface area contributed by atoms with Crippen molar-refractivity contribution in [3.63, 3.8) is 0 Å². The first kappa shape index (κ1) is 12.4. The van der Waals surface area contributed by atoms with E-state index in [1.165, 1.54) is 12.8 Å². The molecule has 3 saturated heterocycles. The van der Waals surface area contributed by atoms with Crippen molar-refractivity contribution >= 4 is 5.91 Å². The van der Waals surface area contributed by atoms with E-state index in [-0.39, 0.29) is 11.9 Å². The molecule has 0 radical (unpaired) electrons. The zero-order valence-corrected chi connectivity index (χ0v) is 12.1. The van der Waals surface area contributed by atoms with E-state index in [1.807, 2.05) is 30.9 Å². The largest absolute Gasteiger partial charge is 0.334 e. The highest BCUT2D eigenvalue weighted by Gasteiger charge is 2.56. The van der Waals surface area contributed by atoms with Crippen molar-refractivity contribution in [2.75, 3.05) is 13.1 Å². The van der Waals surface area contributed by atoms with E-state index in [9.17, 15) is 4.79 Å². The van der Waals surface area contributed by atoms with E-state index in [0.717, 1.165) is 18.7 Å². The lowest BCUT2D eigenvalue weighted by Crippen LogP contribution is -2.42. The molecule has 1 N–H and O–H groups in total. The van der Waals surface area contributed by atoms with Crippen LogP contribution in [0, 0.1) is 18.8 Å². The molecule has 4 heterocycles. The number of hydrogen-bond acceptors (Lipinski definition) is 3. The summed E-state index contributed by atoms with van der Waals surface area (Å²) < 4.78 is 1.81. The number of rotatable bonds is 2. The maximum atomic E-state index is 12.9. The SMILES string of the molecule is Cc1cnn([C@H](C)C(=O)N2[C@@H]3CC[C@H]2[C@H]2CNC[C@H]23)c1. The highest BCUT2D eigenvalue weighted by molar-refractivity contribution is 5.81. The average molecular weight is 274 g/mol. The number of aryl methyl sites for hydroxylation is 1. The van der Waals surface area contributed by atoms with Gasteiger partial charge in [-0.25, -0.2) is 0 Å². The number of aromatic nitrogens is 2. The van der Waals surface area contributed by atoms with Gasteiger partial charge in [-0.2, -0.15) is 5.10 Å². The molecular weight excluding hydrogens is 252 g/mol. The maximum Gasteiger partial charge on any atom is 0.247 e. The summed E-state index contributed by atoms with van der Waals surface area (Å²) in [5.41, 5.74) is 1.11. The first-order valence-electron chi connectivity index (χ1n) is 7.70. The van der Waals surface area contributed by atoms with Crippen LogP contribution in [0.3, 0.4) is 0 Å². The Morgan fingerprint density at radius 1 is 1.35 bits per heavy atom. The monoisotopic (exact) mass is 274 g/mol. The Morgan fingerprint density at radius 2 is 2.00 bits per heavy atom. The van der Waals surface area contributed by atoms with Crippen LogP contribution >= 0.6 is 0 Å². The Hall–Kier alpha value is -1.36. The number of nitrogens with zero attached hydrogens (tertiary/aromatic N) is 3. The van der Waals surface area contributed by atoms with Crippen molar-refractivity contribution in [2.45, 2.75) is 44.8 Å². The van der Waals surface area contributed by atoms with Crippen LogP contribution in [-0.2, 0) is 4.79 Å². The minimum Gasteiger partial charge on any atom is -0.334 e. The average Bonchev–Trinajstić information content (AvgIpc) is 3.17. The Kier molecular flexibility index (Phi) is 2.67. The Labute approximate surface area is 119 Å². The normalized spacial score (nSPS) is 36.4. The van der Waals surface area contributed by atoms with Gasteiger partial charge < -0.3 is 10.2 Å². The van der Waals surface area contributed by atoms with Crippen molar-refractivity contribution in [3.8, 4) is 0 Å². The van der Waals surface area contributed by atoms with Crippen LogP contribution in [0.15, 0.2) is 12.4 Å². The molecule has 0 aliphatic carbocycles. The maximum absolute atomic E-state index is 12.9. The van der Waals surface area contributed by atoms with Crippen molar-refractivity contribution in [1.29, 1.82) is 0 Å². The minimum absolute atomic E-state index is 0.182. The first-order chi connectivity index (χ1) is 9.66. The molecule has 1 amide bonds. The van der Waals surface area contributed by atoms with Crippen LogP contribution < -0.4 is 5.32 Å². The van der Waals surface area contributed by atoms with Crippen molar-refractivity contribution in [3.05, 3.63) is 18.0 Å². The summed E-state index contributed by atoms with van der Waals surface area (Å²) in [7, 11) is 0. The molecule has 5 nitrogen and oxygen atoms in total. The zero-order valence-electron chi connectivity index (χ0n) is 12.1. The number of hydrogen-bond donors (Lipinski definition) is 1. The molecule has 0 saturated carbocycles. The minimum atomic E-state index is -0.182. The number of carbonyl (C=O) groups is 1. The third-order valence-electron chi connectivity index (χ3n) is 5.51. The van der Waals surface area contributed by atoms with Gasteiger partial charge in [0.15, 0.2) is 0 Å². The molecule has 0 aromatic carbocycles. The van der Waals surface area contributed by atoms with E-state index >= 15 is 0 Å². The highest BCUT2D eigenvalue weighted by atomic mass is 16.2. The first-order valence-corrected chi connectivity index (χ1v) is 7.70. The quantitative estimate of drug-likeness (QED) is 0.874. The molecule has 1 aromatic heterocycles. The Morgan fingerprint density at radius 3 is 2.55 bits per heavy atom. The predicted octanol–water partition coefficient (Wildman–Crippen LogP) is 0.961. The summed E-state index contributed by atoms with van der Waals surface area (Å²) >= 11 is 0. The van der Waals surface area contributed by atoms with Gasteiger partial charge in [-0.15, -0.1) is 0 Å². The Bertz CT molecular complexity index is 522. The van der Waals surface area contributed by atoms with E-state index in [0.29, 0.717) is 23.9 Å². The van der Waals surface area contributed by atoms with E-state index < -0.39 is 0 Å². The summed E-state index contributed by atoms with van der Waals surface area (Å²) in [5, 5.41) is 7.80. The molecule has 5 atom stereocenters. The lowest BCUT2D eigenvalue weighted by Gasteiger charge is -2.27. The molecule has 5 heteroatoms. The van der Waals surface area contributed by atoms with Gasteiger partial charge in [0.05, 0.1) is 6.20 Å². The van der Waals surface area contributed by atoms with Gasteiger partial charge in [-0.3, -0.25) is 9.48 Å². The van der Waals surface area contributed by atoms with Crippen LogP contribution in [0.25, 0.3) is 0 Å². The smallest absolute Gasteiger partial charge is 0.247 e. The molecule has 3 fully saturated rings. The Balaban J connectivity index is 1.57. The summed E-state index contributed by atoms with van der Waals surface area (Å²) in [6.45, 7) is 6.16. The third-order valence-corrected chi connectivity index (χ3v) is 5.51. The molecule has 20 heavy (non-hydrogen) atoms. The van der Waals surface area contributed by atoms with Gasteiger partial charge >= 0.3 is 0 Å².